The molecule has 0 saturated carbocycles. The molecule has 8 heteroatoms. The minimum atomic E-state index is -0.701. The number of rotatable bonds is 7. The predicted molar refractivity (Wildman–Crippen MR) is 93.5 cm³/mol. The molecule has 7 nitrogen and oxygen atoms in total. The normalized spacial score (nSPS) is 9.96. The number of amides is 3. The number of hydrogen-bond donors (Lipinski definition) is 3. The summed E-state index contributed by atoms with van der Waals surface area (Å²) in [6.07, 6.45) is 0. The topological polar surface area (TPSA) is 111 Å². The fourth-order valence-electron chi connectivity index (χ4n) is 1.89. The second kappa shape index (κ2) is 8.70. The summed E-state index contributed by atoms with van der Waals surface area (Å²) in [6, 6.07) is 13.2. The lowest BCUT2D eigenvalue weighted by atomic mass is 10.2. The minimum Gasteiger partial charge on any atom is -0.484 e. The average Bonchev–Trinajstić information content (AvgIpc) is 2.60. The number of para-hydroxylation sites is 1. The van der Waals surface area contributed by atoms with Gasteiger partial charge >= 0.3 is 0 Å². The number of benzene rings is 2. The SMILES string of the molecule is NC(=O)c1cc(NC(=O)CNC(=O)COc2ccccc2)ccc1Cl. The van der Waals surface area contributed by atoms with Crippen LogP contribution in [-0.2, 0) is 9.59 Å². The number of carbonyl (C=O) groups excluding carboxylic acids is 3. The Bertz CT molecular complexity index is 781. The molecular weight excluding hydrogens is 346 g/mol. The zero-order chi connectivity index (χ0) is 18.2. The van der Waals surface area contributed by atoms with E-state index in [-0.39, 0.29) is 23.7 Å². The molecular formula is C17H16ClN3O4. The molecule has 0 aliphatic heterocycles. The van der Waals surface area contributed by atoms with Gasteiger partial charge < -0.3 is 21.1 Å². The molecule has 4 N–H and O–H groups in total. The van der Waals surface area contributed by atoms with Crippen molar-refractivity contribution in [3.8, 4) is 5.75 Å². The zero-order valence-corrected chi connectivity index (χ0v) is 13.9. The van der Waals surface area contributed by atoms with Crippen molar-refractivity contribution in [2.75, 3.05) is 18.5 Å². The number of anilines is 1. The van der Waals surface area contributed by atoms with Crippen LogP contribution in [0, 0.1) is 0 Å². The van der Waals surface area contributed by atoms with E-state index in [4.69, 9.17) is 22.1 Å². The van der Waals surface area contributed by atoms with E-state index in [1.807, 2.05) is 6.07 Å². The Morgan fingerprint density at radius 2 is 1.76 bits per heavy atom. The van der Waals surface area contributed by atoms with Gasteiger partial charge in [0, 0.05) is 5.69 Å². The van der Waals surface area contributed by atoms with Crippen LogP contribution in [0.25, 0.3) is 0 Å². The molecule has 25 heavy (non-hydrogen) atoms. The summed E-state index contributed by atoms with van der Waals surface area (Å²) in [4.78, 5) is 34.7. The van der Waals surface area contributed by atoms with Gasteiger partial charge in [-0.1, -0.05) is 29.8 Å². The smallest absolute Gasteiger partial charge is 0.258 e. The Morgan fingerprint density at radius 1 is 1.04 bits per heavy atom. The van der Waals surface area contributed by atoms with E-state index in [1.54, 1.807) is 24.3 Å². The molecule has 2 aromatic carbocycles. The number of nitrogens with one attached hydrogen (secondary N) is 2. The van der Waals surface area contributed by atoms with Crippen LogP contribution in [0.4, 0.5) is 5.69 Å². The van der Waals surface area contributed by atoms with Crippen molar-refractivity contribution in [2.24, 2.45) is 5.73 Å². The van der Waals surface area contributed by atoms with Crippen LogP contribution in [-0.4, -0.2) is 30.9 Å². The molecule has 0 fully saturated rings. The molecule has 130 valence electrons. The van der Waals surface area contributed by atoms with Gasteiger partial charge in [0.1, 0.15) is 5.75 Å². The van der Waals surface area contributed by atoms with Crippen LogP contribution in [0.1, 0.15) is 10.4 Å². The standard InChI is InChI=1S/C17H16ClN3O4/c18-14-7-6-11(8-13(14)17(19)24)21-15(22)9-20-16(23)10-25-12-4-2-1-3-5-12/h1-8H,9-10H2,(H2,19,24)(H,20,23)(H,21,22). The first kappa shape index (κ1) is 18.3. The van der Waals surface area contributed by atoms with Crippen molar-refractivity contribution >= 4 is 35.0 Å². The summed E-state index contributed by atoms with van der Waals surface area (Å²) in [6.45, 7) is -0.449. The first-order valence-corrected chi connectivity index (χ1v) is 7.67. The fourth-order valence-corrected chi connectivity index (χ4v) is 2.10. The quantitative estimate of drug-likeness (QED) is 0.695. The molecule has 0 saturated heterocycles. The number of halogens is 1. The zero-order valence-electron chi connectivity index (χ0n) is 13.1. The third-order valence-electron chi connectivity index (χ3n) is 3.07. The molecule has 0 bridgehead atoms. The maximum atomic E-state index is 11.8. The predicted octanol–water partition coefficient (Wildman–Crippen LogP) is 1.57. The van der Waals surface area contributed by atoms with E-state index in [1.165, 1.54) is 18.2 Å². The number of nitrogens with two attached hydrogens (primary N) is 1. The Balaban J connectivity index is 1.79. The van der Waals surface area contributed by atoms with E-state index in [0.717, 1.165) is 0 Å². The number of primary amides is 1. The first-order valence-electron chi connectivity index (χ1n) is 7.29. The van der Waals surface area contributed by atoms with Crippen molar-refractivity contribution in [3.63, 3.8) is 0 Å². The second-order valence-electron chi connectivity index (χ2n) is 4.99. The van der Waals surface area contributed by atoms with Gasteiger partial charge in [-0.3, -0.25) is 14.4 Å². The van der Waals surface area contributed by atoms with E-state index in [2.05, 4.69) is 10.6 Å². The van der Waals surface area contributed by atoms with Gasteiger partial charge in [-0.25, -0.2) is 0 Å². The van der Waals surface area contributed by atoms with Crippen LogP contribution in [0.3, 0.4) is 0 Å². The van der Waals surface area contributed by atoms with Crippen molar-refractivity contribution in [1.29, 1.82) is 0 Å². The Labute approximate surface area is 149 Å². The van der Waals surface area contributed by atoms with Crippen molar-refractivity contribution in [3.05, 3.63) is 59.1 Å². The van der Waals surface area contributed by atoms with Gasteiger partial charge in [-0.2, -0.15) is 0 Å². The summed E-state index contributed by atoms with van der Waals surface area (Å²) in [7, 11) is 0. The van der Waals surface area contributed by atoms with Crippen LogP contribution in [0.2, 0.25) is 5.02 Å². The molecule has 0 aromatic heterocycles. The van der Waals surface area contributed by atoms with Gasteiger partial charge in [0.2, 0.25) is 11.8 Å². The molecule has 0 unspecified atom stereocenters. The lowest BCUT2D eigenvalue weighted by Gasteiger charge is -2.09. The number of ether oxygens (including phenoxy) is 1. The molecule has 3 amide bonds. The van der Waals surface area contributed by atoms with Gasteiger partial charge in [-0.15, -0.1) is 0 Å². The van der Waals surface area contributed by atoms with Crippen LogP contribution in [0.15, 0.2) is 48.5 Å². The maximum absolute atomic E-state index is 11.8. The van der Waals surface area contributed by atoms with Crippen molar-refractivity contribution < 1.29 is 19.1 Å². The third-order valence-corrected chi connectivity index (χ3v) is 3.40. The molecule has 0 atom stereocenters. The van der Waals surface area contributed by atoms with Crippen LogP contribution in [0.5, 0.6) is 5.75 Å². The van der Waals surface area contributed by atoms with E-state index in [9.17, 15) is 14.4 Å². The maximum Gasteiger partial charge on any atom is 0.258 e. The Hall–Kier alpha value is -3.06. The molecule has 0 aliphatic rings. The summed E-state index contributed by atoms with van der Waals surface area (Å²) in [5.41, 5.74) is 5.63. The molecule has 0 radical (unpaired) electrons. The van der Waals surface area contributed by atoms with Crippen molar-refractivity contribution in [2.45, 2.75) is 0 Å². The Morgan fingerprint density at radius 3 is 2.44 bits per heavy atom. The second-order valence-corrected chi connectivity index (χ2v) is 5.39. The summed E-state index contributed by atoms with van der Waals surface area (Å²) < 4.78 is 5.26. The lowest BCUT2D eigenvalue weighted by Crippen LogP contribution is -2.35. The molecule has 2 rings (SSSR count). The molecule has 0 aliphatic carbocycles. The summed E-state index contributed by atoms with van der Waals surface area (Å²) in [5.74, 6) is -1.05. The first-order chi connectivity index (χ1) is 12.0. The highest BCUT2D eigenvalue weighted by Crippen LogP contribution is 2.20. The molecule has 0 heterocycles. The minimum absolute atomic E-state index is 0.0970. The van der Waals surface area contributed by atoms with E-state index >= 15 is 0 Å². The monoisotopic (exact) mass is 361 g/mol. The van der Waals surface area contributed by atoms with Crippen LogP contribution < -0.4 is 21.1 Å². The third kappa shape index (κ3) is 5.82. The lowest BCUT2D eigenvalue weighted by molar-refractivity contribution is -0.125. The van der Waals surface area contributed by atoms with Crippen molar-refractivity contribution in [1.82, 2.24) is 5.32 Å². The average molecular weight is 362 g/mol. The van der Waals surface area contributed by atoms with Gasteiger partial charge in [0.25, 0.3) is 5.91 Å². The largest absolute Gasteiger partial charge is 0.484 e. The van der Waals surface area contributed by atoms with E-state index < -0.39 is 17.7 Å². The highest BCUT2D eigenvalue weighted by molar-refractivity contribution is 6.34. The number of hydrogen-bond acceptors (Lipinski definition) is 4. The van der Waals surface area contributed by atoms with Gasteiger partial charge in [0.05, 0.1) is 17.1 Å². The van der Waals surface area contributed by atoms with E-state index in [0.29, 0.717) is 11.4 Å². The van der Waals surface area contributed by atoms with Gasteiger partial charge in [0.15, 0.2) is 6.61 Å². The van der Waals surface area contributed by atoms with Gasteiger partial charge in [-0.05, 0) is 30.3 Å². The summed E-state index contributed by atoms with van der Waals surface area (Å²) >= 11 is 5.83. The highest BCUT2D eigenvalue weighted by atomic mass is 35.5. The Kier molecular flexibility index (Phi) is 6.36. The van der Waals surface area contributed by atoms with Crippen LogP contribution >= 0.6 is 11.6 Å². The summed E-state index contributed by atoms with van der Waals surface area (Å²) in [5, 5.41) is 5.15. The number of carbonyl (C=O) groups is 3. The molecule has 2 aromatic rings. The highest BCUT2D eigenvalue weighted by Gasteiger charge is 2.10. The fraction of sp³-hybridized carbons (Fsp3) is 0.118. The molecule has 0 spiro atoms.